The number of nitrogens with zero attached hydrogens (tertiary/aromatic N) is 6. The zero-order valence-electron chi connectivity index (χ0n) is 16.6. The molecule has 10 heteroatoms. The molecule has 1 fully saturated rings. The van der Waals surface area contributed by atoms with Gasteiger partial charge in [0.1, 0.15) is 11.8 Å². The average molecular weight is 409 g/mol. The van der Waals surface area contributed by atoms with Crippen molar-refractivity contribution < 1.29 is 14.6 Å². The van der Waals surface area contributed by atoms with Gasteiger partial charge in [0.2, 0.25) is 11.8 Å². The van der Waals surface area contributed by atoms with Crippen LogP contribution in [0.15, 0.2) is 35.7 Å². The molecule has 1 saturated heterocycles. The third-order valence-corrected chi connectivity index (χ3v) is 5.42. The first-order valence-corrected chi connectivity index (χ1v) is 9.90. The molecule has 0 aliphatic carbocycles. The number of dihydropyridines is 1. The Hall–Kier alpha value is -3.45. The van der Waals surface area contributed by atoms with Gasteiger partial charge >= 0.3 is 0 Å². The molecule has 10 nitrogen and oxygen atoms in total. The van der Waals surface area contributed by atoms with Crippen molar-refractivity contribution in [2.45, 2.75) is 25.8 Å². The Morgan fingerprint density at radius 1 is 1.37 bits per heavy atom. The molecule has 1 amide bonds. The number of aromatic hydroxyl groups is 1. The number of hydrogen-bond donors (Lipinski definition) is 2. The van der Waals surface area contributed by atoms with Crippen LogP contribution in [0.2, 0.25) is 0 Å². The predicted molar refractivity (Wildman–Crippen MR) is 107 cm³/mol. The Balaban J connectivity index is 1.43. The van der Waals surface area contributed by atoms with Crippen LogP contribution in [-0.4, -0.2) is 62.2 Å². The Bertz CT molecular complexity index is 1020. The van der Waals surface area contributed by atoms with Crippen molar-refractivity contribution >= 4 is 11.7 Å². The molecule has 4 rings (SSSR count). The van der Waals surface area contributed by atoms with E-state index < -0.39 is 0 Å². The Labute approximate surface area is 173 Å². The third-order valence-electron chi connectivity index (χ3n) is 5.42. The highest BCUT2D eigenvalue weighted by atomic mass is 16.5. The maximum Gasteiger partial charge on any atom is 0.242 e. The lowest BCUT2D eigenvalue weighted by Crippen LogP contribution is -2.40. The first kappa shape index (κ1) is 19.8. The number of ether oxygens (including phenoxy) is 1. The highest BCUT2D eigenvalue weighted by Gasteiger charge is 2.27. The van der Waals surface area contributed by atoms with E-state index in [1.807, 2.05) is 13.0 Å². The number of nitriles is 1. The van der Waals surface area contributed by atoms with Crippen LogP contribution in [0.1, 0.15) is 25.3 Å². The van der Waals surface area contributed by atoms with E-state index in [4.69, 9.17) is 10.00 Å². The van der Waals surface area contributed by atoms with Gasteiger partial charge in [0.25, 0.3) is 0 Å². The number of allylic oxidation sites excluding steroid dienone is 1. The van der Waals surface area contributed by atoms with Gasteiger partial charge in [-0.05, 0) is 31.8 Å². The van der Waals surface area contributed by atoms with Gasteiger partial charge < -0.3 is 15.2 Å². The topological polar surface area (TPSA) is 130 Å². The minimum atomic E-state index is -0.380. The van der Waals surface area contributed by atoms with Crippen molar-refractivity contribution in [3.05, 3.63) is 36.3 Å². The van der Waals surface area contributed by atoms with Crippen molar-refractivity contribution in [3.8, 4) is 17.6 Å². The van der Waals surface area contributed by atoms with Crippen molar-refractivity contribution in [2.24, 2.45) is 16.8 Å². The van der Waals surface area contributed by atoms with Gasteiger partial charge in [-0.15, -0.1) is 0 Å². The lowest BCUT2D eigenvalue weighted by molar-refractivity contribution is -0.124. The van der Waals surface area contributed by atoms with Gasteiger partial charge in [-0.1, -0.05) is 6.08 Å². The van der Waals surface area contributed by atoms with Crippen LogP contribution in [-0.2, 0) is 9.53 Å². The number of aliphatic imine (C=N–C) groups is 1. The molecule has 2 unspecified atom stereocenters. The monoisotopic (exact) mass is 409 g/mol. The van der Waals surface area contributed by atoms with E-state index in [0.717, 1.165) is 26.1 Å². The molecule has 0 aromatic carbocycles. The summed E-state index contributed by atoms with van der Waals surface area (Å²) in [4.78, 5) is 17.2. The van der Waals surface area contributed by atoms with Crippen LogP contribution in [0, 0.1) is 23.2 Å². The Kier molecular flexibility index (Phi) is 5.63. The van der Waals surface area contributed by atoms with Gasteiger partial charge in [0.05, 0.1) is 29.9 Å². The summed E-state index contributed by atoms with van der Waals surface area (Å²) in [5.41, 5.74) is 0.705. The smallest absolute Gasteiger partial charge is 0.242 e. The fourth-order valence-corrected chi connectivity index (χ4v) is 3.60. The average Bonchev–Trinajstić information content (AvgIpc) is 3.39. The Morgan fingerprint density at radius 3 is 2.87 bits per heavy atom. The second-order valence-electron chi connectivity index (χ2n) is 7.46. The quantitative estimate of drug-likeness (QED) is 0.775. The van der Waals surface area contributed by atoms with Crippen molar-refractivity contribution in [2.75, 3.05) is 19.8 Å². The number of aromatic nitrogens is 4. The minimum Gasteiger partial charge on any atom is -0.492 e. The molecule has 0 spiro atoms. The zero-order chi connectivity index (χ0) is 21.1. The van der Waals surface area contributed by atoms with Crippen LogP contribution in [0.25, 0.3) is 5.69 Å². The summed E-state index contributed by atoms with van der Waals surface area (Å²) >= 11 is 0. The predicted octanol–water partition coefficient (Wildman–Crippen LogP) is 1.01. The lowest BCUT2D eigenvalue weighted by atomic mass is 9.96. The molecule has 2 aromatic rings. The number of carbonyl (C=O) groups is 1. The molecule has 2 aliphatic heterocycles. The van der Waals surface area contributed by atoms with Gasteiger partial charge in [-0.2, -0.15) is 20.1 Å². The van der Waals surface area contributed by atoms with Crippen molar-refractivity contribution in [1.82, 2.24) is 24.9 Å². The number of nitrogens with one attached hydrogen (secondary N) is 1. The summed E-state index contributed by atoms with van der Waals surface area (Å²) in [5.74, 6) is 0.287. The molecule has 2 atom stereocenters. The Morgan fingerprint density at radius 2 is 2.17 bits per heavy atom. The summed E-state index contributed by atoms with van der Waals surface area (Å²) in [6.07, 6.45) is 9.74. The molecule has 30 heavy (non-hydrogen) atoms. The SMILES string of the molecule is CC1N=C(n2ncc(-n3cc(C#N)cn3)c2O)C=CC1C(=O)NCC1CCOCC1. The van der Waals surface area contributed by atoms with E-state index in [1.54, 1.807) is 12.2 Å². The summed E-state index contributed by atoms with van der Waals surface area (Å²) in [6, 6.07) is 1.68. The maximum atomic E-state index is 12.6. The highest BCUT2D eigenvalue weighted by molar-refractivity contribution is 5.98. The summed E-state index contributed by atoms with van der Waals surface area (Å²) in [7, 11) is 0. The zero-order valence-corrected chi connectivity index (χ0v) is 16.6. The number of carbonyl (C=O) groups excluding carboxylic acids is 1. The second kappa shape index (κ2) is 8.51. The lowest BCUT2D eigenvalue weighted by Gasteiger charge is -2.25. The summed E-state index contributed by atoms with van der Waals surface area (Å²) in [5, 5.41) is 30.7. The first-order valence-electron chi connectivity index (χ1n) is 9.90. The van der Waals surface area contributed by atoms with Crippen LogP contribution in [0.3, 0.4) is 0 Å². The highest BCUT2D eigenvalue weighted by Crippen LogP contribution is 2.24. The molecule has 0 radical (unpaired) electrons. The number of rotatable bonds is 4. The standard InChI is InChI=1S/C20H23N7O3/c1-13-16(19(28)22-9-14-4-6-30-7-5-14)2-3-18(25-13)27-20(29)17(11-24-27)26-12-15(8-21)10-23-26/h2-3,10-14,16,29H,4-7,9H2,1H3,(H,22,28). The molecule has 156 valence electrons. The minimum absolute atomic E-state index is 0.0565. The van der Waals surface area contributed by atoms with E-state index >= 15 is 0 Å². The van der Waals surface area contributed by atoms with Gasteiger partial charge in [-0.3, -0.25) is 9.79 Å². The molecular weight excluding hydrogens is 386 g/mol. The maximum absolute atomic E-state index is 12.6. The van der Waals surface area contributed by atoms with Crippen molar-refractivity contribution in [1.29, 1.82) is 5.26 Å². The van der Waals surface area contributed by atoms with E-state index in [-0.39, 0.29) is 23.7 Å². The van der Waals surface area contributed by atoms with Crippen LogP contribution in [0.4, 0.5) is 0 Å². The normalized spacial score (nSPS) is 21.8. The van der Waals surface area contributed by atoms with Crippen LogP contribution >= 0.6 is 0 Å². The molecule has 0 saturated carbocycles. The molecule has 2 aromatic heterocycles. The van der Waals surface area contributed by atoms with Gasteiger partial charge in [0, 0.05) is 26.0 Å². The molecular formula is C20H23N7O3. The van der Waals surface area contributed by atoms with E-state index in [1.165, 1.54) is 28.0 Å². The third kappa shape index (κ3) is 3.97. The van der Waals surface area contributed by atoms with E-state index in [2.05, 4.69) is 20.5 Å². The molecule has 4 heterocycles. The molecule has 2 aliphatic rings. The first-order chi connectivity index (χ1) is 14.6. The fourth-order valence-electron chi connectivity index (χ4n) is 3.60. The van der Waals surface area contributed by atoms with Crippen molar-refractivity contribution in [3.63, 3.8) is 0 Å². The number of hydrogen-bond acceptors (Lipinski definition) is 7. The summed E-state index contributed by atoms with van der Waals surface area (Å²) in [6.45, 7) is 4.00. The van der Waals surface area contributed by atoms with E-state index in [9.17, 15) is 9.90 Å². The number of amides is 1. The van der Waals surface area contributed by atoms with Gasteiger partial charge in [0.15, 0.2) is 5.84 Å². The fraction of sp³-hybridized carbons (Fsp3) is 0.450. The van der Waals surface area contributed by atoms with Crippen LogP contribution in [0.5, 0.6) is 5.88 Å². The van der Waals surface area contributed by atoms with Crippen LogP contribution < -0.4 is 5.32 Å². The molecule has 2 N–H and O–H groups in total. The summed E-state index contributed by atoms with van der Waals surface area (Å²) < 4.78 is 8.01. The molecule has 0 bridgehead atoms. The largest absolute Gasteiger partial charge is 0.492 e. The second-order valence-corrected chi connectivity index (χ2v) is 7.46. The van der Waals surface area contributed by atoms with E-state index in [0.29, 0.717) is 29.5 Å². The van der Waals surface area contributed by atoms with Gasteiger partial charge in [-0.25, -0.2) is 4.68 Å².